The Labute approximate surface area is 109 Å². The van der Waals surface area contributed by atoms with E-state index in [0.29, 0.717) is 0 Å². The average Bonchev–Trinajstić information content (AvgIpc) is 2.78. The molecule has 1 heterocycles. The van der Waals surface area contributed by atoms with Crippen LogP contribution in [0.3, 0.4) is 0 Å². The Morgan fingerprint density at radius 3 is 2.56 bits per heavy atom. The van der Waals surface area contributed by atoms with Gasteiger partial charge < -0.3 is 14.8 Å². The lowest BCUT2D eigenvalue weighted by Crippen LogP contribution is -2.32. The summed E-state index contributed by atoms with van der Waals surface area (Å²) in [5, 5.41) is 7.66. The largest absolute Gasteiger partial charge is 0.493 e. The number of nitrogens with one attached hydrogen (secondary N) is 1. The van der Waals surface area contributed by atoms with Gasteiger partial charge in [-0.05, 0) is 34.2 Å². The molecule has 0 aliphatic heterocycles. The summed E-state index contributed by atoms with van der Waals surface area (Å²) >= 11 is 0. The quantitative estimate of drug-likeness (QED) is 0.809. The molecule has 5 heteroatoms. The Morgan fingerprint density at radius 1 is 1.44 bits per heavy atom. The fourth-order valence-corrected chi connectivity index (χ4v) is 2.05. The Kier molecular flexibility index (Phi) is 5.16. The monoisotopic (exact) mass is 255 g/mol. The SMILES string of the molecule is CCn1ncc(OC)c1C(CC(C)(C)OC)NC. The summed E-state index contributed by atoms with van der Waals surface area (Å²) in [5.74, 6) is 0.822. The third-order valence-electron chi connectivity index (χ3n) is 3.29. The van der Waals surface area contributed by atoms with Crippen LogP contribution in [0, 0.1) is 0 Å². The molecule has 1 aromatic rings. The molecular weight excluding hydrogens is 230 g/mol. The zero-order valence-corrected chi connectivity index (χ0v) is 12.3. The number of aromatic nitrogens is 2. The molecule has 0 saturated heterocycles. The predicted octanol–water partition coefficient (Wildman–Crippen LogP) is 1.99. The first kappa shape index (κ1) is 15.0. The molecule has 0 fully saturated rings. The maximum atomic E-state index is 5.50. The van der Waals surface area contributed by atoms with Gasteiger partial charge in [-0.25, -0.2) is 0 Å². The lowest BCUT2D eigenvalue weighted by Gasteiger charge is -2.29. The number of ether oxygens (including phenoxy) is 2. The fourth-order valence-electron chi connectivity index (χ4n) is 2.05. The first-order chi connectivity index (χ1) is 8.49. The summed E-state index contributed by atoms with van der Waals surface area (Å²) < 4.78 is 12.9. The van der Waals surface area contributed by atoms with E-state index in [-0.39, 0.29) is 11.6 Å². The highest BCUT2D eigenvalue weighted by atomic mass is 16.5. The highest BCUT2D eigenvalue weighted by Crippen LogP contribution is 2.31. The van der Waals surface area contributed by atoms with Crippen LogP contribution in [0.25, 0.3) is 0 Å². The van der Waals surface area contributed by atoms with Gasteiger partial charge in [0, 0.05) is 13.7 Å². The molecule has 0 saturated carbocycles. The summed E-state index contributed by atoms with van der Waals surface area (Å²) in [6, 6.07) is 0.150. The van der Waals surface area contributed by atoms with E-state index in [9.17, 15) is 0 Å². The van der Waals surface area contributed by atoms with Gasteiger partial charge in [-0.15, -0.1) is 0 Å². The second-order valence-electron chi connectivity index (χ2n) is 4.92. The Morgan fingerprint density at radius 2 is 2.11 bits per heavy atom. The number of hydrogen-bond donors (Lipinski definition) is 1. The predicted molar refractivity (Wildman–Crippen MR) is 72.0 cm³/mol. The molecule has 1 aromatic heterocycles. The van der Waals surface area contributed by atoms with Crippen LogP contribution in [0.2, 0.25) is 0 Å². The lowest BCUT2D eigenvalue weighted by atomic mass is 9.96. The van der Waals surface area contributed by atoms with Gasteiger partial charge in [0.15, 0.2) is 5.75 Å². The molecule has 1 atom stereocenters. The zero-order chi connectivity index (χ0) is 13.8. The third-order valence-corrected chi connectivity index (χ3v) is 3.29. The lowest BCUT2D eigenvalue weighted by molar-refractivity contribution is 0.00658. The summed E-state index contributed by atoms with van der Waals surface area (Å²) in [6.07, 6.45) is 2.62. The highest BCUT2D eigenvalue weighted by molar-refractivity contribution is 5.28. The van der Waals surface area contributed by atoms with Gasteiger partial charge in [0.05, 0.1) is 30.6 Å². The van der Waals surface area contributed by atoms with Crippen molar-refractivity contribution in [3.8, 4) is 5.75 Å². The van der Waals surface area contributed by atoms with Crippen LogP contribution in [0.4, 0.5) is 0 Å². The maximum Gasteiger partial charge on any atom is 0.161 e. The van der Waals surface area contributed by atoms with Crippen molar-refractivity contribution in [2.24, 2.45) is 0 Å². The van der Waals surface area contributed by atoms with Gasteiger partial charge in [-0.2, -0.15) is 5.10 Å². The topological polar surface area (TPSA) is 48.3 Å². The van der Waals surface area contributed by atoms with E-state index in [4.69, 9.17) is 9.47 Å². The second kappa shape index (κ2) is 6.20. The van der Waals surface area contributed by atoms with Crippen molar-refractivity contribution < 1.29 is 9.47 Å². The molecule has 1 unspecified atom stereocenters. The van der Waals surface area contributed by atoms with Crippen LogP contribution in [0.1, 0.15) is 38.9 Å². The van der Waals surface area contributed by atoms with E-state index in [0.717, 1.165) is 24.4 Å². The standard InChI is InChI=1S/C13H25N3O2/c1-7-16-12(11(17-5)9-15-16)10(14-4)8-13(2,3)18-6/h9-10,14H,7-8H2,1-6H3. The van der Waals surface area contributed by atoms with Crippen LogP contribution < -0.4 is 10.1 Å². The molecule has 0 bridgehead atoms. The summed E-state index contributed by atoms with van der Waals surface area (Å²) in [4.78, 5) is 0. The molecule has 0 spiro atoms. The van der Waals surface area contributed by atoms with E-state index >= 15 is 0 Å². The molecule has 0 aliphatic rings. The second-order valence-corrected chi connectivity index (χ2v) is 4.92. The van der Waals surface area contributed by atoms with Gasteiger partial charge in [0.25, 0.3) is 0 Å². The molecule has 5 nitrogen and oxygen atoms in total. The first-order valence-electron chi connectivity index (χ1n) is 6.31. The molecule has 0 aromatic carbocycles. The minimum Gasteiger partial charge on any atom is -0.493 e. The van der Waals surface area contributed by atoms with Crippen molar-refractivity contribution in [3.63, 3.8) is 0 Å². The van der Waals surface area contributed by atoms with Crippen molar-refractivity contribution in [1.82, 2.24) is 15.1 Å². The minimum atomic E-state index is -0.193. The number of methoxy groups -OCH3 is 2. The fraction of sp³-hybridized carbons (Fsp3) is 0.769. The first-order valence-corrected chi connectivity index (χ1v) is 6.31. The molecule has 1 N–H and O–H groups in total. The van der Waals surface area contributed by atoms with Crippen LogP contribution in [0.5, 0.6) is 5.75 Å². The Hall–Kier alpha value is -1.07. The number of rotatable bonds is 7. The van der Waals surface area contributed by atoms with Gasteiger partial charge in [-0.3, -0.25) is 4.68 Å². The number of hydrogen-bond acceptors (Lipinski definition) is 4. The number of aryl methyl sites for hydroxylation is 1. The van der Waals surface area contributed by atoms with E-state index < -0.39 is 0 Å². The van der Waals surface area contributed by atoms with Gasteiger partial charge in [0.2, 0.25) is 0 Å². The number of nitrogens with zero attached hydrogens (tertiary/aromatic N) is 2. The van der Waals surface area contributed by atoms with E-state index in [1.807, 2.05) is 11.7 Å². The summed E-state index contributed by atoms with van der Waals surface area (Å²) in [7, 11) is 5.36. The summed E-state index contributed by atoms with van der Waals surface area (Å²) in [5.41, 5.74) is 0.884. The molecular formula is C13H25N3O2. The van der Waals surface area contributed by atoms with Crippen molar-refractivity contribution in [1.29, 1.82) is 0 Å². The normalized spacial score (nSPS) is 13.7. The van der Waals surface area contributed by atoms with Crippen molar-refractivity contribution in [2.45, 2.75) is 45.4 Å². The molecule has 0 radical (unpaired) electrons. The van der Waals surface area contributed by atoms with Crippen molar-refractivity contribution in [2.75, 3.05) is 21.3 Å². The zero-order valence-electron chi connectivity index (χ0n) is 12.3. The van der Waals surface area contributed by atoms with Gasteiger partial charge >= 0.3 is 0 Å². The van der Waals surface area contributed by atoms with Gasteiger partial charge in [-0.1, -0.05) is 0 Å². The average molecular weight is 255 g/mol. The molecule has 0 aliphatic carbocycles. The maximum absolute atomic E-state index is 5.50. The minimum absolute atomic E-state index is 0.150. The molecule has 104 valence electrons. The third kappa shape index (κ3) is 3.23. The van der Waals surface area contributed by atoms with Crippen LogP contribution in [-0.2, 0) is 11.3 Å². The van der Waals surface area contributed by atoms with E-state index in [2.05, 4.69) is 31.2 Å². The summed E-state index contributed by atoms with van der Waals surface area (Å²) in [6.45, 7) is 7.06. The van der Waals surface area contributed by atoms with E-state index in [1.54, 1.807) is 20.4 Å². The molecule has 18 heavy (non-hydrogen) atoms. The van der Waals surface area contributed by atoms with E-state index in [1.165, 1.54) is 0 Å². The highest BCUT2D eigenvalue weighted by Gasteiger charge is 2.27. The molecule has 0 amide bonds. The smallest absolute Gasteiger partial charge is 0.161 e. The van der Waals surface area contributed by atoms with Crippen LogP contribution in [0.15, 0.2) is 6.20 Å². The van der Waals surface area contributed by atoms with Crippen molar-refractivity contribution in [3.05, 3.63) is 11.9 Å². The van der Waals surface area contributed by atoms with Crippen LogP contribution in [-0.4, -0.2) is 36.6 Å². The van der Waals surface area contributed by atoms with Crippen LogP contribution >= 0.6 is 0 Å². The molecule has 1 rings (SSSR count). The Balaban J connectivity index is 3.04. The Bertz CT molecular complexity index is 353. The van der Waals surface area contributed by atoms with Crippen molar-refractivity contribution >= 4 is 0 Å². The van der Waals surface area contributed by atoms with Gasteiger partial charge in [0.1, 0.15) is 0 Å².